The third-order valence-electron chi connectivity index (χ3n) is 2.67. The maximum atomic E-state index is 11.9. The molecule has 2 N–H and O–H groups in total. The second-order valence-electron chi connectivity index (χ2n) is 4.17. The second-order valence-corrected chi connectivity index (χ2v) is 6.42. The van der Waals surface area contributed by atoms with Gasteiger partial charge in [0.05, 0.1) is 10.7 Å². The molecule has 0 spiro atoms. The van der Waals surface area contributed by atoms with Crippen LogP contribution < -0.4 is 10.6 Å². The molecule has 0 unspecified atom stereocenters. The summed E-state index contributed by atoms with van der Waals surface area (Å²) in [4.78, 5) is 16.4. The van der Waals surface area contributed by atoms with Gasteiger partial charge in [-0.1, -0.05) is 0 Å². The van der Waals surface area contributed by atoms with Crippen LogP contribution in [-0.4, -0.2) is 49.5 Å². The number of thiophene rings is 1. The molecule has 1 aliphatic heterocycles. The van der Waals surface area contributed by atoms with Crippen LogP contribution in [0, 0.1) is 0 Å². The lowest BCUT2D eigenvalue weighted by molar-refractivity contribution is 0.0833. The number of hydrogen-bond donors (Lipinski definition) is 1. The number of nitrogens with two attached hydrogens (primary N) is 1. The maximum Gasteiger partial charge on any atom is 0.265 e. The largest absolute Gasteiger partial charge is 0.397 e. The Hall–Kier alpha value is -0.880. The molecule has 6 heteroatoms. The number of nitrogens with zero attached hydrogens (tertiary/aromatic N) is 2. The van der Waals surface area contributed by atoms with E-state index in [2.05, 4.69) is 4.90 Å². The topological polar surface area (TPSA) is 49.6 Å². The van der Waals surface area contributed by atoms with E-state index >= 15 is 0 Å². The highest BCUT2D eigenvalue weighted by Gasteiger charge is 2.20. The normalized spacial score (nSPS) is 16.0. The Balaban J connectivity index is 2.20. The highest BCUT2D eigenvalue weighted by Crippen LogP contribution is 2.33. The summed E-state index contributed by atoms with van der Waals surface area (Å²) in [6, 6.07) is 1.93. The Morgan fingerprint density at radius 1 is 1.41 bits per heavy atom. The van der Waals surface area contributed by atoms with Gasteiger partial charge in [0.25, 0.3) is 5.91 Å². The molecule has 94 valence electrons. The van der Waals surface area contributed by atoms with Crippen molar-refractivity contribution in [3.05, 3.63) is 10.9 Å². The third kappa shape index (κ3) is 2.69. The van der Waals surface area contributed by atoms with Crippen molar-refractivity contribution in [2.45, 2.75) is 0 Å². The molecular formula is C11H17N3OS2. The van der Waals surface area contributed by atoms with E-state index in [1.54, 1.807) is 19.0 Å². The van der Waals surface area contributed by atoms with E-state index in [4.69, 9.17) is 5.73 Å². The smallest absolute Gasteiger partial charge is 0.265 e. The molecule has 0 aliphatic carbocycles. The van der Waals surface area contributed by atoms with Gasteiger partial charge in [0.1, 0.15) is 4.88 Å². The number of rotatable bonds is 2. The summed E-state index contributed by atoms with van der Waals surface area (Å²) >= 11 is 3.47. The van der Waals surface area contributed by atoms with E-state index in [-0.39, 0.29) is 5.91 Å². The Labute approximate surface area is 110 Å². The first-order valence-electron chi connectivity index (χ1n) is 5.53. The standard InChI is InChI=1S/C11H17N3OS2/c1-13(2)11(15)10-8(12)7-9(17-10)14-3-5-16-6-4-14/h7H,3-6,12H2,1-2H3. The molecule has 0 radical (unpaired) electrons. The number of carbonyl (C=O) groups is 1. The van der Waals surface area contributed by atoms with Gasteiger partial charge >= 0.3 is 0 Å². The number of amides is 1. The van der Waals surface area contributed by atoms with Crippen LogP contribution in [-0.2, 0) is 0 Å². The zero-order valence-corrected chi connectivity index (χ0v) is 11.7. The Morgan fingerprint density at radius 3 is 2.65 bits per heavy atom. The molecule has 17 heavy (non-hydrogen) atoms. The highest BCUT2D eigenvalue weighted by atomic mass is 32.2. The van der Waals surface area contributed by atoms with E-state index < -0.39 is 0 Å². The van der Waals surface area contributed by atoms with Gasteiger partial charge in [0.2, 0.25) is 0 Å². The molecule has 1 aromatic rings. The molecule has 2 rings (SSSR count). The molecule has 1 aliphatic rings. The summed E-state index contributed by atoms with van der Waals surface area (Å²) in [5.41, 5.74) is 6.52. The van der Waals surface area contributed by atoms with E-state index in [0.717, 1.165) is 29.6 Å². The molecule has 0 bridgehead atoms. The summed E-state index contributed by atoms with van der Waals surface area (Å²) < 4.78 is 0. The van der Waals surface area contributed by atoms with Gasteiger partial charge in [-0.3, -0.25) is 4.79 Å². The summed E-state index contributed by atoms with van der Waals surface area (Å²) in [5, 5.41) is 1.12. The van der Waals surface area contributed by atoms with Gasteiger partial charge in [-0.25, -0.2) is 0 Å². The van der Waals surface area contributed by atoms with E-state index in [1.807, 2.05) is 17.8 Å². The van der Waals surface area contributed by atoms with Gasteiger partial charge in [-0.15, -0.1) is 11.3 Å². The maximum absolute atomic E-state index is 11.9. The van der Waals surface area contributed by atoms with Crippen molar-refractivity contribution in [2.75, 3.05) is 49.3 Å². The first-order valence-corrected chi connectivity index (χ1v) is 7.50. The average molecular weight is 271 g/mol. The molecule has 4 nitrogen and oxygen atoms in total. The lowest BCUT2D eigenvalue weighted by atomic mass is 10.3. The summed E-state index contributed by atoms with van der Waals surface area (Å²) in [6.45, 7) is 2.08. The van der Waals surface area contributed by atoms with E-state index in [1.165, 1.54) is 11.3 Å². The minimum atomic E-state index is -0.00913. The fraction of sp³-hybridized carbons (Fsp3) is 0.545. The first kappa shape index (κ1) is 12.6. The zero-order valence-electron chi connectivity index (χ0n) is 10.1. The Morgan fingerprint density at radius 2 is 2.06 bits per heavy atom. The van der Waals surface area contributed by atoms with Gasteiger partial charge < -0.3 is 15.5 Å². The molecule has 0 aromatic carbocycles. The van der Waals surface area contributed by atoms with Crippen LogP contribution in [0.25, 0.3) is 0 Å². The Kier molecular flexibility index (Phi) is 3.83. The lowest BCUT2D eigenvalue weighted by Gasteiger charge is -2.26. The molecule has 0 atom stereocenters. The van der Waals surface area contributed by atoms with Crippen molar-refractivity contribution in [1.82, 2.24) is 4.90 Å². The number of hydrogen-bond acceptors (Lipinski definition) is 5. The van der Waals surface area contributed by atoms with Crippen molar-refractivity contribution in [1.29, 1.82) is 0 Å². The molecule has 1 aromatic heterocycles. The lowest BCUT2D eigenvalue weighted by Crippen LogP contribution is -2.31. The molecule has 0 saturated carbocycles. The van der Waals surface area contributed by atoms with Crippen LogP contribution in [0.4, 0.5) is 10.7 Å². The van der Waals surface area contributed by atoms with Gasteiger partial charge in [-0.2, -0.15) is 11.8 Å². The predicted molar refractivity (Wildman–Crippen MR) is 76.3 cm³/mol. The summed E-state index contributed by atoms with van der Waals surface area (Å²) in [5.74, 6) is 2.29. The van der Waals surface area contributed by atoms with Crippen molar-refractivity contribution in [2.24, 2.45) is 0 Å². The summed E-state index contributed by atoms with van der Waals surface area (Å²) in [6.07, 6.45) is 0. The highest BCUT2D eigenvalue weighted by molar-refractivity contribution is 7.99. The zero-order chi connectivity index (χ0) is 12.4. The number of thioether (sulfide) groups is 1. The fourth-order valence-corrected chi connectivity index (χ4v) is 3.76. The number of nitrogen functional groups attached to an aromatic ring is 1. The third-order valence-corrected chi connectivity index (χ3v) is 4.81. The monoisotopic (exact) mass is 271 g/mol. The van der Waals surface area contributed by atoms with Crippen LogP contribution in [0.1, 0.15) is 9.67 Å². The predicted octanol–water partition coefficient (Wildman–Crippen LogP) is 1.59. The van der Waals surface area contributed by atoms with Crippen molar-refractivity contribution < 1.29 is 4.79 Å². The van der Waals surface area contributed by atoms with E-state index in [9.17, 15) is 4.79 Å². The van der Waals surface area contributed by atoms with Gasteiger partial charge in [0, 0.05) is 38.7 Å². The van der Waals surface area contributed by atoms with E-state index in [0.29, 0.717) is 10.6 Å². The molecule has 1 fully saturated rings. The Bertz CT molecular complexity index is 411. The van der Waals surface area contributed by atoms with Crippen LogP contribution in [0.2, 0.25) is 0 Å². The average Bonchev–Trinajstić information content (AvgIpc) is 2.71. The van der Waals surface area contributed by atoms with Crippen molar-refractivity contribution >= 4 is 39.7 Å². The molecule has 2 heterocycles. The molecular weight excluding hydrogens is 254 g/mol. The van der Waals surface area contributed by atoms with Gasteiger partial charge in [-0.05, 0) is 6.07 Å². The number of anilines is 2. The number of carbonyl (C=O) groups excluding carboxylic acids is 1. The van der Waals surface area contributed by atoms with Crippen molar-refractivity contribution in [3.8, 4) is 0 Å². The SMILES string of the molecule is CN(C)C(=O)c1sc(N2CCSCC2)cc1N. The first-order chi connectivity index (χ1) is 8.09. The minimum Gasteiger partial charge on any atom is -0.397 e. The second kappa shape index (κ2) is 5.18. The van der Waals surface area contributed by atoms with Crippen LogP contribution in [0.15, 0.2) is 6.07 Å². The summed E-state index contributed by atoms with van der Waals surface area (Å²) in [7, 11) is 3.50. The molecule has 1 amide bonds. The van der Waals surface area contributed by atoms with Gasteiger partial charge in [0.15, 0.2) is 0 Å². The van der Waals surface area contributed by atoms with Crippen LogP contribution >= 0.6 is 23.1 Å². The van der Waals surface area contributed by atoms with Crippen LogP contribution in [0.5, 0.6) is 0 Å². The minimum absolute atomic E-state index is 0.00913. The van der Waals surface area contributed by atoms with Crippen LogP contribution in [0.3, 0.4) is 0 Å². The van der Waals surface area contributed by atoms with Crippen molar-refractivity contribution in [3.63, 3.8) is 0 Å². The fourth-order valence-electron chi connectivity index (χ4n) is 1.70. The molecule has 1 saturated heterocycles. The quantitative estimate of drug-likeness (QED) is 0.887.